The van der Waals surface area contributed by atoms with E-state index in [0.29, 0.717) is 22.5 Å². The number of rotatable bonds is 4. The first-order valence-electron chi connectivity index (χ1n) is 11.8. The molecule has 0 radical (unpaired) electrons. The van der Waals surface area contributed by atoms with Crippen LogP contribution in [0, 0.1) is 5.95 Å². The maximum atomic E-state index is 12.7. The molecule has 4 heterocycles. The summed E-state index contributed by atoms with van der Waals surface area (Å²) in [6.07, 6.45) is 6.08. The van der Waals surface area contributed by atoms with E-state index >= 15 is 0 Å². The number of benzene rings is 2. The van der Waals surface area contributed by atoms with Gasteiger partial charge in [-0.2, -0.15) is 9.49 Å². The molecule has 0 saturated heterocycles. The Morgan fingerprint density at radius 3 is 1.77 bits per heavy atom. The third kappa shape index (κ3) is 6.03. The van der Waals surface area contributed by atoms with Crippen molar-refractivity contribution in [3.8, 4) is 0 Å². The molecule has 9 nitrogen and oxygen atoms in total. The smallest absolute Gasteiger partial charge is 0.276 e. The van der Waals surface area contributed by atoms with Gasteiger partial charge >= 0.3 is 0 Å². The van der Waals surface area contributed by atoms with Gasteiger partial charge in [0, 0.05) is 35.6 Å². The van der Waals surface area contributed by atoms with Crippen molar-refractivity contribution in [2.45, 2.75) is 0 Å². The lowest BCUT2D eigenvalue weighted by Crippen LogP contribution is -2.14. The molecule has 6 rings (SSSR count). The Kier molecular flexibility index (Phi) is 7.45. The van der Waals surface area contributed by atoms with Crippen molar-refractivity contribution < 1.29 is 14.0 Å². The topological polar surface area (TPSA) is 123 Å². The summed E-state index contributed by atoms with van der Waals surface area (Å²) >= 11 is 0. The summed E-state index contributed by atoms with van der Waals surface area (Å²) in [6, 6.07) is 24.5. The molecule has 0 atom stereocenters. The highest BCUT2D eigenvalue weighted by molar-refractivity contribution is 6.08. The normalized spacial score (nSPS) is 10.4. The SMILES string of the molecule is O=C(Nc1cccc2cccnc12)c1ccc(F)nc1.O=C(Nc1cccc2cccnc12)c1cccnn1. The highest BCUT2D eigenvalue weighted by Gasteiger charge is 2.11. The Balaban J connectivity index is 0.000000158. The minimum absolute atomic E-state index is 0.274. The molecule has 0 saturated carbocycles. The molecule has 0 unspecified atom stereocenters. The van der Waals surface area contributed by atoms with Gasteiger partial charge in [0.2, 0.25) is 5.95 Å². The molecule has 6 aromatic rings. The van der Waals surface area contributed by atoms with Crippen LogP contribution < -0.4 is 10.6 Å². The van der Waals surface area contributed by atoms with Crippen LogP contribution in [0.1, 0.15) is 20.8 Å². The van der Waals surface area contributed by atoms with Gasteiger partial charge in [-0.1, -0.05) is 36.4 Å². The van der Waals surface area contributed by atoms with Crippen molar-refractivity contribution in [1.29, 1.82) is 0 Å². The number of carbonyl (C=O) groups is 2. The van der Waals surface area contributed by atoms with Crippen LogP contribution in [0.5, 0.6) is 0 Å². The quantitative estimate of drug-likeness (QED) is 0.304. The molecule has 0 aliphatic rings. The maximum absolute atomic E-state index is 12.7. The van der Waals surface area contributed by atoms with E-state index in [1.165, 1.54) is 18.5 Å². The summed E-state index contributed by atoms with van der Waals surface area (Å²) in [5.74, 6) is -1.27. The second-order valence-corrected chi connectivity index (χ2v) is 8.15. The number of anilines is 2. The Morgan fingerprint density at radius 2 is 1.21 bits per heavy atom. The molecule has 10 heteroatoms. The molecule has 2 amide bonds. The first-order chi connectivity index (χ1) is 19.1. The van der Waals surface area contributed by atoms with Crippen LogP contribution in [0.4, 0.5) is 15.8 Å². The molecule has 0 bridgehead atoms. The van der Waals surface area contributed by atoms with Crippen LogP contribution in [0.3, 0.4) is 0 Å². The fourth-order valence-electron chi connectivity index (χ4n) is 3.72. The lowest BCUT2D eigenvalue weighted by molar-refractivity contribution is 0.101. The van der Waals surface area contributed by atoms with E-state index in [4.69, 9.17) is 0 Å². The third-order valence-electron chi connectivity index (χ3n) is 5.56. The Morgan fingerprint density at radius 1 is 0.615 bits per heavy atom. The number of nitrogens with one attached hydrogen (secondary N) is 2. The summed E-state index contributed by atoms with van der Waals surface area (Å²) in [4.78, 5) is 36.1. The van der Waals surface area contributed by atoms with Gasteiger partial charge in [-0.25, -0.2) is 4.98 Å². The molecule has 0 aliphatic carbocycles. The van der Waals surface area contributed by atoms with Crippen molar-refractivity contribution in [2.75, 3.05) is 10.6 Å². The number of carbonyl (C=O) groups excluding carboxylic acids is 2. The van der Waals surface area contributed by atoms with Crippen molar-refractivity contribution in [3.05, 3.63) is 127 Å². The molecule has 0 aliphatic heterocycles. The van der Waals surface area contributed by atoms with Gasteiger partial charge in [0.15, 0.2) is 5.69 Å². The number of pyridine rings is 3. The average molecular weight is 518 g/mol. The molecule has 0 spiro atoms. The van der Waals surface area contributed by atoms with Crippen molar-refractivity contribution in [1.82, 2.24) is 25.1 Å². The largest absolute Gasteiger partial charge is 0.320 e. The van der Waals surface area contributed by atoms with E-state index in [1.54, 1.807) is 30.6 Å². The first kappa shape index (κ1) is 25.0. The maximum Gasteiger partial charge on any atom is 0.276 e. The third-order valence-corrected chi connectivity index (χ3v) is 5.56. The van der Waals surface area contributed by atoms with Gasteiger partial charge in [-0.3, -0.25) is 19.6 Å². The molecular weight excluding hydrogens is 497 g/mol. The van der Waals surface area contributed by atoms with E-state index < -0.39 is 5.95 Å². The lowest BCUT2D eigenvalue weighted by atomic mass is 10.2. The lowest BCUT2D eigenvalue weighted by Gasteiger charge is -2.07. The van der Waals surface area contributed by atoms with Gasteiger partial charge < -0.3 is 10.6 Å². The van der Waals surface area contributed by atoms with Crippen molar-refractivity contribution in [3.63, 3.8) is 0 Å². The van der Waals surface area contributed by atoms with Crippen molar-refractivity contribution in [2.24, 2.45) is 0 Å². The number of hydrogen-bond donors (Lipinski definition) is 2. The molecule has 4 aromatic heterocycles. The predicted octanol–water partition coefficient (Wildman–Crippen LogP) is 5.30. The fourth-order valence-corrected chi connectivity index (χ4v) is 3.72. The van der Waals surface area contributed by atoms with Crippen molar-refractivity contribution >= 4 is 45.0 Å². The fraction of sp³-hybridized carbons (Fsp3) is 0. The molecule has 0 fully saturated rings. The second kappa shape index (κ2) is 11.6. The first-order valence-corrected chi connectivity index (χ1v) is 11.8. The van der Waals surface area contributed by atoms with E-state index in [0.717, 1.165) is 22.4 Å². The van der Waals surface area contributed by atoms with Crippen LogP contribution in [0.2, 0.25) is 0 Å². The number of aromatic nitrogens is 5. The number of hydrogen-bond acceptors (Lipinski definition) is 7. The average Bonchev–Trinajstić information content (AvgIpc) is 2.99. The predicted molar refractivity (Wildman–Crippen MR) is 146 cm³/mol. The summed E-state index contributed by atoms with van der Waals surface area (Å²) in [7, 11) is 0. The van der Waals surface area contributed by atoms with E-state index in [-0.39, 0.29) is 17.5 Å². The number of nitrogens with zero attached hydrogens (tertiary/aromatic N) is 5. The van der Waals surface area contributed by atoms with Gasteiger partial charge in [0.1, 0.15) is 0 Å². The van der Waals surface area contributed by atoms with E-state index in [2.05, 4.69) is 35.8 Å². The van der Waals surface area contributed by atoms with Crippen LogP contribution in [-0.2, 0) is 0 Å². The highest BCUT2D eigenvalue weighted by atomic mass is 19.1. The minimum Gasteiger partial charge on any atom is -0.320 e. The number of amides is 2. The Hall–Kier alpha value is -5.64. The van der Waals surface area contributed by atoms with E-state index in [1.807, 2.05) is 54.6 Å². The molecule has 39 heavy (non-hydrogen) atoms. The standard InChI is InChI=1S/C15H10FN3O.C14H10N4O/c16-13-7-6-11(9-18-13)15(20)19-12-5-1-3-10-4-2-8-17-14(10)12;19-14(12-7-3-9-16-18-12)17-11-6-1-4-10-5-2-8-15-13(10)11/h1-9H,(H,19,20);1-9H,(H,17,19). The van der Waals surface area contributed by atoms with Gasteiger partial charge in [0.05, 0.1) is 28.0 Å². The zero-order valence-electron chi connectivity index (χ0n) is 20.3. The number of halogens is 1. The summed E-state index contributed by atoms with van der Waals surface area (Å²) in [6.45, 7) is 0. The molecular formula is C29H20FN7O2. The van der Waals surface area contributed by atoms with Gasteiger partial charge in [-0.15, -0.1) is 5.10 Å². The van der Waals surface area contributed by atoms with Crippen LogP contribution in [-0.4, -0.2) is 37.0 Å². The summed E-state index contributed by atoms with van der Waals surface area (Å²) < 4.78 is 12.7. The summed E-state index contributed by atoms with van der Waals surface area (Å²) in [5.41, 5.74) is 3.29. The van der Waals surface area contributed by atoms with Crippen LogP contribution in [0.15, 0.2) is 110 Å². The second-order valence-electron chi connectivity index (χ2n) is 8.15. The van der Waals surface area contributed by atoms with Gasteiger partial charge in [0.25, 0.3) is 11.8 Å². The minimum atomic E-state index is -0.617. The zero-order chi connectivity index (χ0) is 27.0. The molecule has 2 aromatic carbocycles. The van der Waals surface area contributed by atoms with E-state index in [9.17, 15) is 14.0 Å². The molecule has 2 N–H and O–H groups in total. The number of fused-ring (bicyclic) bond motifs is 2. The molecule has 190 valence electrons. The monoisotopic (exact) mass is 517 g/mol. The Bertz CT molecular complexity index is 1750. The summed E-state index contributed by atoms with van der Waals surface area (Å²) in [5, 5.41) is 14.9. The van der Waals surface area contributed by atoms with Crippen LogP contribution in [0.25, 0.3) is 21.8 Å². The number of para-hydroxylation sites is 2. The highest BCUT2D eigenvalue weighted by Crippen LogP contribution is 2.22. The Labute approximate surface area is 221 Å². The van der Waals surface area contributed by atoms with Crippen LogP contribution >= 0.6 is 0 Å². The zero-order valence-corrected chi connectivity index (χ0v) is 20.3. The van der Waals surface area contributed by atoms with Gasteiger partial charge in [-0.05, 0) is 48.5 Å².